The van der Waals surface area contributed by atoms with Crippen molar-refractivity contribution in [3.8, 4) is 0 Å². The summed E-state index contributed by atoms with van der Waals surface area (Å²) in [5, 5.41) is 0. The van der Waals surface area contributed by atoms with Gasteiger partial charge in [-0.15, -0.1) is 0 Å². The van der Waals surface area contributed by atoms with Crippen molar-refractivity contribution in [2.45, 2.75) is 71.6 Å². The SMILES string of the molecule is Cc1cc2c(n1CCCCC(F)(F)F)CC(C)(C)CC2N. The highest BCUT2D eigenvalue weighted by molar-refractivity contribution is 5.34. The van der Waals surface area contributed by atoms with E-state index in [2.05, 4.69) is 24.5 Å². The first-order valence-corrected chi connectivity index (χ1v) is 7.60. The zero-order chi connectivity index (χ0) is 15.8. The molecule has 1 unspecified atom stereocenters. The lowest BCUT2D eigenvalue weighted by Gasteiger charge is -2.34. The summed E-state index contributed by atoms with van der Waals surface area (Å²) < 4.78 is 38.8. The predicted octanol–water partition coefficient (Wildman–Crippen LogP) is 4.50. The van der Waals surface area contributed by atoms with Crippen molar-refractivity contribution in [2.24, 2.45) is 11.1 Å². The smallest absolute Gasteiger partial charge is 0.349 e. The topological polar surface area (TPSA) is 30.9 Å². The molecule has 0 aromatic carbocycles. The van der Waals surface area contributed by atoms with E-state index in [1.807, 2.05) is 6.92 Å². The van der Waals surface area contributed by atoms with E-state index in [0.717, 1.165) is 18.5 Å². The number of hydrogen-bond acceptors (Lipinski definition) is 1. The van der Waals surface area contributed by atoms with Gasteiger partial charge in [-0.2, -0.15) is 13.2 Å². The maximum absolute atomic E-state index is 12.2. The summed E-state index contributed by atoms with van der Waals surface area (Å²) in [4.78, 5) is 0. The fourth-order valence-electron chi connectivity index (χ4n) is 3.41. The van der Waals surface area contributed by atoms with E-state index >= 15 is 0 Å². The molecule has 1 aromatic heterocycles. The van der Waals surface area contributed by atoms with Crippen LogP contribution in [0.5, 0.6) is 0 Å². The zero-order valence-corrected chi connectivity index (χ0v) is 13.1. The third kappa shape index (κ3) is 4.02. The van der Waals surface area contributed by atoms with Crippen LogP contribution < -0.4 is 5.73 Å². The van der Waals surface area contributed by atoms with Crippen molar-refractivity contribution in [1.82, 2.24) is 4.57 Å². The van der Waals surface area contributed by atoms with Gasteiger partial charge in [0, 0.05) is 30.4 Å². The number of aryl methyl sites for hydroxylation is 1. The molecule has 1 aromatic rings. The molecular formula is C16H25F3N2. The molecule has 2 N–H and O–H groups in total. The van der Waals surface area contributed by atoms with Crippen molar-refractivity contribution in [3.05, 3.63) is 23.0 Å². The van der Waals surface area contributed by atoms with E-state index in [1.165, 1.54) is 11.3 Å². The first kappa shape index (κ1) is 16.4. The average molecular weight is 302 g/mol. The van der Waals surface area contributed by atoms with Gasteiger partial charge in [-0.1, -0.05) is 13.8 Å². The molecule has 0 spiro atoms. The monoisotopic (exact) mass is 302 g/mol. The Hall–Kier alpha value is -0.970. The fraction of sp³-hybridized carbons (Fsp3) is 0.750. The molecule has 1 heterocycles. The summed E-state index contributed by atoms with van der Waals surface area (Å²) in [6.07, 6.45) is -2.10. The Balaban J connectivity index is 2.08. The maximum Gasteiger partial charge on any atom is 0.389 e. The third-order valence-electron chi connectivity index (χ3n) is 4.36. The molecule has 0 aliphatic heterocycles. The first-order chi connectivity index (χ1) is 9.59. The molecule has 0 fully saturated rings. The van der Waals surface area contributed by atoms with E-state index in [-0.39, 0.29) is 17.9 Å². The van der Waals surface area contributed by atoms with Crippen molar-refractivity contribution in [2.75, 3.05) is 0 Å². The van der Waals surface area contributed by atoms with Gasteiger partial charge in [0.1, 0.15) is 0 Å². The van der Waals surface area contributed by atoms with E-state index < -0.39 is 12.6 Å². The number of fused-ring (bicyclic) bond motifs is 1. The van der Waals surface area contributed by atoms with Crippen molar-refractivity contribution >= 4 is 0 Å². The van der Waals surface area contributed by atoms with Gasteiger partial charge in [-0.25, -0.2) is 0 Å². The van der Waals surface area contributed by atoms with Crippen LogP contribution in [-0.2, 0) is 13.0 Å². The summed E-state index contributed by atoms with van der Waals surface area (Å²) in [6.45, 7) is 7.07. The Morgan fingerprint density at radius 3 is 2.62 bits per heavy atom. The molecular weight excluding hydrogens is 277 g/mol. The van der Waals surface area contributed by atoms with Crippen LogP contribution in [0.4, 0.5) is 13.2 Å². The summed E-state index contributed by atoms with van der Waals surface area (Å²) in [5.41, 5.74) is 9.93. The molecule has 1 atom stereocenters. The van der Waals surface area contributed by atoms with E-state index in [0.29, 0.717) is 13.0 Å². The van der Waals surface area contributed by atoms with Crippen molar-refractivity contribution in [3.63, 3.8) is 0 Å². The maximum atomic E-state index is 12.2. The summed E-state index contributed by atoms with van der Waals surface area (Å²) in [5.74, 6) is 0. The number of nitrogens with zero attached hydrogens (tertiary/aromatic N) is 1. The minimum absolute atomic E-state index is 0.0406. The van der Waals surface area contributed by atoms with E-state index in [4.69, 9.17) is 5.73 Å². The van der Waals surface area contributed by atoms with Crippen LogP contribution in [0, 0.1) is 12.3 Å². The Kier molecular flexibility index (Phi) is 4.43. The molecule has 0 bridgehead atoms. The molecule has 2 rings (SSSR count). The number of nitrogens with two attached hydrogens (primary N) is 1. The van der Waals surface area contributed by atoms with Crippen LogP contribution in [0.3, 0.4) is 0 Å². The normalized spacial score (nSPS) is 21.4. The van der Waals surface area contributed by atoms with Crippen LogP contribution >= 0.6 is 0 Å². The highest BCUT2D eigenvalue weighted by Crippen LogP contribution is 2.41. The standard InChI is InChI=1S/C16H25F3N2/c1-11-8-12-13(20)9-15(2,3)10-14(12)21(11)7-5-4-6-16(17,18)19/h8,13H,4-7,9-10,20H2,1-3H3. The van der Waals surface area contributed by atoms with Crippen molar-refractivity contribution in [1.29, 1.82) is 0 Å². The lowest BCUT2D eigenvalue weighted by molar-refractivity contribution is -0.135. The van der Waals surface area contributed by atoms with Crippen molar-refractivity contribution < 1.29 is 13.2 Å². The first-order valence-electron chi connectivity index (χ1n) is 7.60. The van der Waals surface area contributed by atoms with Gasteiger partial charge in [-0.05, 0) is 49.7 Å². The van der Waals surface area contributed by atoms with Gasteiger partial charge in [0.25, 0.3) is 0 Å². The highest BCUT2D eigenvalue weighted by Gasteiger charge is 2.33. The molecule has 2 nitrogen and oxygen atoms in total. The second kappa shape index (κ2) is 5.67. The van der Waals surface area contributed by atoms with Gasteiger partial charge < -0.3 is 10.3 Å². The third-order valence-corrected chi connectivity index (χ3v) is 4.36. The highest BCUT2D eigenvalue weighted by atomic mass is 19.4. The summed E-state index contributed by atoms with van der Waals surface area (Å²) in [7, 11) is 0. The van der Waals surface area contributed by atoms with Crippen LogP contribution in [0.25, 0.3) is 0 Å². The quantitative estimate of drug-likeness (QED) is 0.816. The van der Waals surface area contributed by atoms with Crippen LogP contribution in [0.15, 0.2) is 6.07 Å². The summed E-state index contributed by atoms with van der Waals surface area (Å²) in [6, 6.07) is 2.15. The average Bonchev–Trinajstić information content (AvgIpc) is 2.59. The van der Waals surface area contributed by atoms with Crippen LogP contribution in [0.1, 0.15) is 62.5 Å². The fourth-order valence-corrected chi connectivity index (χ4v) is 3.41. The molecule has 0 saturated carbocycles. The van der Waals surface area contributed by atoms with E-state index in [1.54, 1.807) is 0 Å². The molecule has 21 heavy (non-hydrogen) atoms. The number of rotatable bonds is 4. The molecule has 0 saturated heterocycles. The molecule has 0 radical (unpaired) electrons. The second-order valence-corrected chi connectivity index (χ2v) is 7.06. The molecule has 1 aliphatic rings. The van der Waals surface area contributed by atoms with Gasteiger partial charge in [0.15, 0.2) is 0 Å². The minimum atomic E-state index is -4.05. The lowest BCUT2D eigenvalue weighted by Crippen LogP contribution is -2.30. The van der Waals surface area contributed by atoms with Crippen LogP contribution in [0.2, 0.25) is 0 Å². The predicted molar refractivity (Wildman–Crippen MR) is 78.1 cm³/mol. The number of hydrogen-bond donors (Lipinski definition) is 1. The lowest BCUT2D eigenvalue weighted by atomic mass is 9.74. The zero-order valence-electron chi connectivity index (χ0n) is 13.1. The number of alkyl halides is 3. The van der Waals surface area contributed by atoms with Gasteiger partial charge >= 0.3 is 6.18 Å². The van der Waals surface area contributed by atoms with Gasteiger partial charge in [0.2, 0.25) is 0 Å². The number of aromatic nitrogens is 1. The van der Waals surface area contributed by atoms with Crippen LogP contribution in [-0.4, -0.2) is 10.7 Å². The van der Waals surface area contributed by atoms with E-state index in [9.17, 15) is 13.2 Å². The molecule has 1 aliphatic carbocycles. The van der Waals surface area contributed by atoms with Gasteiger partial charge in [0.05, 0.1) is 0 Å². The number of unbranched alkanes of at least 4 members (excludes halogenated alkanes) is 1. The summed E-state index contributed by atoms with van der Waals surface area (Å²) >= 11 is 0. The second-order valence-electron chi connectivity index (χ2n) is 7.06. The Bertz CT molecular complexity index is 500. The molecule has 5 heteroatoms. The number of halogens is 3. The van der Waals surface area contributed by atoms with Gasteiger partial charge in [-0.3, -0.25) is 0 Å². The Morgan fingerprint density at radius 1 is 1.33 bits per heavy atom. The molecule has 120 valence electrons. The Labute approximate surface area is 124 Å². The molecule has 0 amide bonds. The Morgan fingerprint density at radius 2 is 2.00 bits per heavy atom. The largest absolute Gasteiger partial charge is 0.389 e. The minimum Gasteiger partial charge on any atom is -0.349 e.